The molecule has 162 valence electrons. The van der Waals surface area contributed by atoms with Gasteiger partial charge in [0.15, 0.2) is 5.78 Å². The van der Waals surface area contributed by atoms with E-state index in [9.17, 15) is 4.79 Å². The zero-order valence-corrected chi connectivity index (χ0v) is 18.6. The summed E-state index contributed by atoms with van der Waals surface area (Å²) in [6, 6.07) is 9.79. The molecule has 6 aliphatic rings. The van der Waals surface area contributed by atoms with Crippen molar-refractivity contribution in [2.45, 2.75) is 101 Å². The smallest absolute Gasteiger partial charge is 0.156 e. The molecule has 3 saturated carbocycles. The predicted octanol–water partition coefficient (Wildman–Crippen LogP) is 6.77. The highest BCUT2D eigenvalue weighted by Crippen LogP contribution is 2.68. The molecule has 1 aromatic carbocycles. The Morgan fingerprint density at radius 3 is 2.45 bits per heavy atom. The van der Waals surface area contributed by atoms with Crippen LogP contribution in [0.25, 0.3) is 0 Å². The third kappa shape index (κ3) is 2.83. The van der Waals surface area contributed by atoms with Crippen molar-refractivity contribution in [2.24, 2.45) is 11.8 Å². The van der Waals surface area contributed by atoms with Crippen LogP contribution in [0, 0.1) is 11.8 Å². The molecular formula is C29H34O2. The summed E-state index contributed by atoms with van der Waals surface area (Å²) in [5.41, 5.74) is 7.87. The highest BCUT2D eigenvalue weighted by atomic mass is 16.6. The van der Waals surface area contributed by atoms with E-state index in [2.05, 4.69) is 24.3 Å². The molecule has 0 aromatic heterocycles. The Bertz CT molecular complexity index is 976. The van der Waals surface area contributed by atoms with E-state index in [1.165, 1.54) is 68.9 Å². The van der Waals surface area contributed by atoms with Crippen molar-refractivity contribution in [1.29, 1.82) is 0 Å². The quantitative estimate of drug-likeness (QED) is 0.500. The second kappa shape index (κ2) is 6.91. The second-order valence-electron chi connectivity index (χ2n) is 11.2. The fraction of sp³-hybridized carbons (Fsp3) is 0.621. The van der Waals surface area contributed by atoms with E-state index in [0.29, 0.717) is 30.1 Å². The third-order valence-corrected chi connectivity index (χ3v) is 9.83. The summed E-state index contributed by atoms with van der Waals surface area (Å²) in [6.07, 6.45) is 17.2. The van der Waals surface area contributed by atoms with Crippen LogP contribution in [0.15, 0.2) is 47.1 Å². The van der Waals surface area contributed by atoms with Crippen LogP contribution in [0.2, 0.25) is 0 Å². The average Bonchev–Trinajstić information content (AvgIpc) is 3.39. The predicted molar refractivity (Wildman–Crippen MR) is 122 cm³/mol. The number of hydrogen-bond donors (Lipinski definition) is 0. The summed E-state index contributed by atoms with van der Waals surface area (Å²) in [5.74, 6) is 2.98. The van der Waals surface area contributed by atoms with Gasteiger partial charge in [-0.3, -0.25) is 4.79 Å². The van der Waals surface area contributed by atoms with Crippen molar-refractivity contribution in [3.05, 3.63) is 58.2 Å². The number of carbonyl (C=O) groups excluding carboxylic acids is 1. The number of ether oxygens (including phenoxy) is 1. The van der Waals surface area contributed by atoms with Gasteiger partial charge in [0, 0.05) is 12.3 Å². The van der Waals surface area contributed by atoms with E-state index in [4.69, 9.17) is 4.74 Å². The van der Waals surface area contributed by atoms with Crippen LogP contribution >= 0.6 is 0 Å². The SMILES string of the molecule is O=C1C=C2CCC3C(=C2CC1)C(c1ccc(C2CCCCC2)cc1)CC12OC1CCC32. The van der Waals surface area contributed by atoms with Gasteiger partial charge in [0.05, 0.1) is 11.7 Å². The average molecular weight is 415 g/mol. The zero-order chi connectivity index (χ0) is 20.6. The fourth-order valence-corrected chi connectivity index (χ4v) is 8.36. The van der Waals surface area contributed by atoms with Crippen molar-refractivity contribution in [2.75, 3.05) is 0 Å². The van der Waals surface area contributed by atoms with Crippen LogP contribution in [-0.4, -0.2) is 17.5 Å². The molecule has 5 aliphatic carbocycles. The first kappa shape index (κ1) is 18.9. The summed E-state index contributed by atoms with van der Waals surface area (Å²) in [7, 11) is 0. The third-order valence-electron chi connectivity index (χ3n) is 9.83. The van der Waals surface area contributed by atoms with Crippen LogP contribution < -0.4 is 0 Å². The molecule has 2 nitrogen and oxygen atoms in total. The minimum Gasteiger partial charge on any atom is -0.366 e. The van der Waals surface area contributed by atoms with Gasteiger partial charge in [-0.1, -0.05) is 49.1 Å². The van der Waals surface area contributed by atoms with Crippen molar-refractivity contribution in [3.63, 3.8) is 0 Å². The monoisotopic (exact) mass is 414 g/mol. The fourth-order valence-electron chi connectivity index (χ4n) is 8.36. The number of allylic oxidation sites excluding steroid dienone is 4. The molecule has 1 aromatic rings. The van der Waals surface area contributed by atoms with Crippen molar-refractivity contribution in [1.82, 2.24) is 0 Å². The molecule has 0 N–H and O–H groups in total. The van der Waals surface area contributed by atoms with E-state index in [1.54, 1.807) is 16.7 Å². The van der Waals surface area contributed by atoms with Crippen LogP contribution in [-0.2, 0) is 9.53 Å². The number of hydrogen-bond acceptors (Lipinski definition) is 2. The lowest BCUT2D eigenvalue weighted by Gasteiger charge is -2.46. The largest absolute Gasteiger partial charge is 0.366 e. The van der Waals surface area contributed by atoms with Gasteiger partial charge < -0.3 is 4.74 Å². The maximum Gasteiger partial charge on any atom is 0.156 e. The lowest BCUT2D eigenvalue weighted by Crippen LogP contribution is -2.41. The highest BCUT2D eigenvalue weighted by Gasteiger charge is 2.70. The Kier molecular flexibility index (Phi) is 4.20. The van der Waals surface area contributed by atoms with E-state index in [0.717, 1.165) is 24.7 Å². The minimum atomic E-state index is 0.174. The van der Waals surface area contributed by atoms with Gasteiger partial charge in [0.25, 0.3) is 0 Å². The molecule has 5 atom stereocenters. The van der Waals surface area contributed by atoms with Gasteiger partial charge in [-0.2, -0.15) is 0 Å². The molecule has 0 bridgehead atoms. The molecule has 1 heterocycles. The molecule has 5 unspecified atom stereocenters. The zero-order valence-electron chi connectivity index (χ0n) is 18.6. The topological polar surface area (TPSA) is 29.6 Å². The van der Waals surface area contributed by atoms with Gasteiger partial charge >= 0.3 is 0 Å². The molecule has 4 fully saturated rings. The molecule has 1 saturated heterocycles. The summed E-state index contributed by atoms with van der Waals surface area (Å²) >= 11 is 0. The first-order valence-corrected chi connectivity index (χ1v) is 13.0. The van der Waals surface area contributed by atoms with E-state index in [-0.39, 0.29) is 5.60 Å². The number of fused-ring (bicyclic) bond motifs is 3. The minimum absolute atomic E-state index is 0.174. The van der Waals surface area contributed by atoms with Gasteiger partial charge in [0.1, 0.15) is 0 Å². The molecular weight excluding hydrogens is 380 g/mol. The first-order valence-electron chi connectivity index (χ1n) is 13.0. The Labute approximate surface area is 186 Å². The molecule has 31 heavy (non-hydrogen) atoms. The normalized spacial score (nSPS) is 39.4. The van der Waals surface area contributed by atoms with Gasteiger partial charge in [0.2, 0.25) is 0 Å². The number of rotatable bonds is 2. The standard InChI is InChI=1S/C29H34O2/c30-22-11-13-23-21(16-22)10-12-24-26-14-15-27-29(26,31-27)17-25(28(23)24)20-8-6-19(7-9-20)18-4-2-1-3-5-18/h6-9,16,18,24-27H,1-5,10-15,17H2. The van der Waals surface area contributed by atoms with Gasteiger partial charge in [-0.15, -0.1) is 0 Å². The molecule has 1 spiro atoms. The summed E-state index contributed by atoms with van der Waals surface area (Å²) in [6.45, 7) is 0. The van der Waals surface area contributed by atoms with Gasteiger partial charge in [-0.05, 0) is 97.5 Å². The number of benzene rings is 1. The maximum atomic E-state index is 12.1. The van der Waals surface area contributed by atoms with Crippen molar-refractivity contribution >= 4 is 5.78 Å². The van der Waals surface area contributed by atoms with E-state index >= 15 is 0 Å². The summed E-state index contributed by atoms with van der Waals surface area (Å²) < 4.78 is 6.43. The van der Waals surface area contributed by atoms with Gasteiger partial charge in [-0.25, -0.2) is 0 Å². The Morgan fingerprint density at radius 2 is 1.65 bits per heavy atom. The van der Waals surface area contributed by atoms with Crippen LogP contribution in [0.3, 0.4) is 0 Å². The molecule has 1 aliphatic heterocycles. The highest BCUT2D eigenvalue weighted by molar-refractivity contribution is 5.93. The van der Waals surface area contributed by atoms with E-state index in [1.807, 2.05) is 6.08 Å². The van der Waals surface area contributed by atoms with E-state index < -0.39 is 0 Å². The first-order chi connectivity index (χ1) is 15.2. The van der Waals surface area contributed by atoms with Crippen LogP contribution in [0.4, 0.5) is 0 Å². The van der Waals surface area contributed by atoms with Crippen molar-refractivity contribution < 1.29 is 9.53 Å². The lowest BCUT2D eigenvalue weighted by atomic mass is 9.58. The Hall–Kier alpha value is -1.67. The van der Waals surface area contributed by atoms with Crippen LogP contribution in [0.1, 0.15) is 100 Å². The molecule has 0 radical (unpaired) electrons. The number of carbonyl (C=O) groups is 1. The number of epoxide rings is 1. The second-order valence-corrected chi connectivity index (χ2v) is 11.2. The van der Waals surface area contributed by atoms with Crippen molar-refractivity contribution in [3.8, 4) is 0 Å². The maximum absolute atomic E-state index is 12.1. The van der Waals surface area contributed by atoms with Crippen LogP contribution in [0.5, 0.6) is 0 Å². The summed E-state index contributed by atoms with van der Waals surface area (Å²) in [5, 5.41) is 0. The number of ketones is 1. The molecule has 7 rings (SSSR count). The Balaban J connectivity index is 1.29. The Morgan fingerprint density at radius 1 is 0.839 bits per heavy atom. The summed E-state index contributed by atoms with van der Waals surface area (Å²) in [4.78, 5) is 12.1. The molecule has 2 heteroatoms. The lowest BCUT2D eigenvalue weighted by molar-refractivity contribution is -0.114. The molecule has 0 amide bonds.